The molecule has 2 aromatic heterocycles. The van der Waals surface area contributed by atoms with E-state index in [1.165, 1.54) is 24.2 Å². The molecule has 14 heteroatoms. The molecule has 46 heavy (non-hydrogen) atoms. The van der Waals surface area contributed by atoms with Gasteiger partial charge in [0.2, 0.25) is 11.8 Å². The zero-order valence-corrected chi connectivity index (χ0v) is 25.3. The fourth-order valence-corrected chi connectivity index (χ4v) is 5.32. The SMILES string of the molecule is COC(=O)Nc1ccc2c(c1)NC(=O)CCc1cccc(c1)C[C@H](NC(=O)/C=C/c1cc(Cl)ccc1-n1cnnn1)c1ncc-2[nH]1. The van der Waals surface area contributed by atoms with Crippen molar-refractivity contribution in [3.8, 4) is 16.9 Å². The van der Waals surface area contributed by atoms with Crippen LogP contribution in [0.15, 0.2) is 79.3 Å². The summed E-state index contributed by atoms with van der Waals surface area (Å²) in [6.45, 7) is 0. The van der Waals surface area contributed by atoms with Crippen LogP contribution in [0.4, 0.5) is 16.2 Å². The second kappa shape index (κ2) is 13.4. The van der Waals surface area contributed by atoms with Gasteiger partial charge in [-0.25, -0.2) is 9.78 Å². The molecule has 5 aromatic rings. The number of imidazole rings is 1. The van der Waals surface area contributed by atoms with Gasteiger partial charge in [0.05, 0.1) is 36.4 Å². The van der Waals surface area contributed by atoms with E-state index in [0.29, 0.717) is 57.6 Å². The van der Waals surface area contributed by atoms with Gasteiger partial charge in [-0.1, -0.05) is 35.9 Å². The van der Waals surface area contributed by atoms with Crippen LogP contribution >= 0.6 is 11.6 Å². The second-order valence-electron chi connectivity index (χ2n) is 10.5. The minimum atomic E-state index is -0.634. The first-order valence-electron chi connectivity index (χ1n) is 14.3. The summed E-state index contributed by atoms with van der Waals surface area (Å²) in [6.07, 6.45) is 6.73. The third-order valence-electron chi connectivity index (χ3n) is 7.33. The van der Waals surface area contributed by atoms with Crippen LogP contribution in [0.2, 0.25) is 5.02 Å². The highest BCUT2D eigenvalue weighted by Crippen LogP contribution is 2.32. The zero-order chi connectivity index (χ0) is 32.0. The third-order valence-corrected chi connectivity index (χ3v) is 7.56. The zero-order valence-electron chi connectivity index (χ0n) is 24.5. The van der Waals surface area contributed by atoms with Gasteiger partial charge in [-0.2, -0.15) is 4.68 Å². The first-order valence-corrected chi connectivity index (χ1v) is 14.7. The van der Waals surface area contributed by atoms with E-state index in [0.717, 1.165) is 11.1 Å². The third kappa shape index (κ3) is 7.11. The smallest absolute Gasteiger partial charge is 0.411 e. The molecule has 0 unspecified atom stereocenters. The summed E-state index contributed by atoms with van der Waals surface area (Å²) in [5.41, 5.74) is 5.43. The first-order chi connectivity index (χ1) is 22.3. The molecule has 0 saturated heterocycles. The summed E-state index contributed by atoms with van der Waals surface area (Å²) >= 11 is 6.24. The fraction of sp³-hybridized carbons (Fsp3) is 0.156. The molecular weight excluding hydrogens is 610 g/mol. The number of tetrazole rings is 1. The predicted molar refractivity (Wildman–Crippen MR) is 171 cm³/mol. The summed E-state index contributed by atoms with van der Waals surface area (Å²) in [5.74, 6) is -0.0158. The second-order valence-corrected chi connectivity index (χ2v) is 10.9. The number of nitrogens with one attached hydrogen (secondary N) is 4. The van der Waals surface area contributed by atoms with Crippen LogP contribution < -0.4 is 16.0 Å². The Labute approximate surface area is 268 Å². The van der Waals surface area contributed by atoms with Crippen molar-refractivity contribution < 1.29 is 19.1 Å². The molecule has 13 nitrogen and oxygen atoms in total. The van der Waals surface area contributed by atoms with E-state index in [1.807, 2.05) is 24.3 Å². The van der Waals surface area contributed by atoms with Crippen LogP contribution in [0, 0.1) is 0 Å². The number of halogens is 1. The predicted octanol–water partition coefficient (Wildman–Crippen LogP) is 4.88. The summed E-state index contributed by atoms with van der Waals surface area (Å²) in [6, 6.07) is 17.7. The van der Waals surface area contributed by atoms with Gasteiger partial charge in [0.25, 0.3) is 0 Å². The minimum absolute atomic E-state index is 0.182. The van der Waals surface area contributed by atoms with Crippen LogP contribution in [0.25, 0.3) is 23.0 Å². The quantitative estimate of drug-likeness (QED) is 0.198. The Hall–Kier alpha value is -5.82. The van der Waals surface area contributed by atoms with E-state index >= 15 is 0 Å². The van der Waals surface area contributed by atoms with E-state index in [2.05, 4.69) is 41.4 Å². The number of amides is 3. The van der Waals surface area contributed by atoms with Crippen molar-refractivity contribution >= 4 is 47.0 Å². The van der Waals surface area contributed by atoms with Crippen LogP contribution in [-0.4, -0.2) is 55.2 Å². The summed E-state index contributed by atoms with van der Waals surface area (Å²) < 4.78 is 6.19. The summed E-state index contributed by atoms with van der Waals surface area (Å²) in [4.78, 5) is 46.1. The highest BCUT2D eigenvalue weighted by atomic mass is 35.5. The van der Waals surface area contributed by atoms with Gasteiger partial charge in [-0.15, -0.1) is 5.10 Å². The van der Waals surface area contributed by atoms with Gasteiger partial charge in [0, 0.05) is 34.3 Å². The molecule has 232 valence electrons. The Morgan fingerprint density at radius 1 is 1.09 bits per heavy atom. The summed E-state index contributed by atoms with van der Waals surface area (Å²) in [7, 11) is 1.27. The number of hydrogen-bond acceptors (Lipinski definition) is 8. The average Bonchev–Trinajstić information content (AvgIpc) is 3.76. The largest absolute Gasteiger partial charge is 0.453 e. The lowest BCUT2D eigenvalue weighted by atomic mass is 10.0. The molecule has 3 aromatic carbocycles. The molecule has 0 spiro atoms. The van der Waals surface area contributed by atoms with Crippen molar-refractivity contribution in [1.29, 1.82) is 0 Å². The van der Waals surface area contributed by atoms with Gasteiger partial charge >= 0.3 is 6.09 Å². The maximum atomic E-state index is 13.4. The molecule has 6 rings (SSSR count). The molecule has 1 atom stereocenters. The number of H-pyrrole nitrogens is 1. The first kappa shape index (κ1) is 30.2. The molecular formula is C32H28ClN9O4. The van der Waals surface area contributed by atoms with Gasteiger partial charge in [0.1, 0.15) is 12.2 Å². The number of anilines is 2. The van der Waals surface area contributed by atoms with Crippen LogP contribution in [-0.2, 0) is 27.2 Å². The lowest BCUT2D eigenvalue weighted by Gasteiger charge is -2.18. The van der Waals surface area contributed by atoms with E-state index in [-0.39, 0.29) is 18.2 Å². The number of carbonyl (C=O) groups excluding carboxylic acids is 3. The number of hydrogen-bond donors (Lipinski definition) is 4. The van der Waals surface area contributed by atoms with Crippen LogP contribution in [0.5, 0.6) is 0 Å². The molecule has 0 radical (unpaired) electrons. The van der Waals surface area contributed by atoms with E-state index in [1.54, 1.807) is 48.7 Å². The van der Waals surface area contributed by atoms with Crippen molar-refractivity contribution in [2.45, 2.75) is 25.3 Å². The van der Waals surface area contributed by atoms with E-state index in [4.69, 9.17) is 16.3 Å². The number of aryl methyl sites for hydroxylation is 1. The Kier molecular flexibility index (Phi) is 8.83. The lowest BCUT2D eigenvalue weighted by molar-refractivity contribution is -0.117. The number of nitrogens with zero attached hydrogens (tertiary/aromatic N) is 5. The number of carbonyl (C=O) groups is 3. The van der Waals surface area contributed by atoms with Gasteiger partial charge in [0.15, 0.2) is 0 Å². The molecule has 0 aliphatic carbocycles. The Balaban J connectivity index is 1.33. The van der Waals surface area contributed by atoms with E-state index in [9.17, 15) is 14.4 Å². The molecule has 0 saturated carbocycles. The number of fused-ring (bicyclic) bond motifs is 6. The standard InChI is InChI=1S/C32H28ClN9O4/c1-46-32(45)36-23-8-9-24-25(16-23)37-29(43)11-5-19-3-2-4-20(13-19)14-26(31-34-17-27(24)39-31)38-30(44)12-6-21-15-22(33)7-10-28(21)42-18-35-40-41-42/h2-4,6-10,12-13,15-18,26H,5,11,14H2,1H3,(H,34,39)(H,36,45)(H,37,43)(H,38,44)/b12-6+/t26-/m0/s1. The van der Waals surface area contributed by atoms with Crippen molar-refractivity contribution in [3.63, 3.8) is 0 Å². The highest BCUT2D eigenvalue weighted by molar-refractivity contribution is 6.30. The van der Waals surface area contributed by atoms with Crippen LogP contribution in [0.3, 0.4) is 0 Å². The summed E-state index contributed by atoms with van der Waals surface area (Å²) in [5, 5.41) is 20.5. The minimum Gasteiger partial charge on any atom is -0.453 e. The van der Waals surface area contributed by atoms with Gasteiger partial charge < -0.3 is 20.4 Å². The normalized spacial score (nSPS) is 14.6. The monoisotopic (exact) mass is 637 g/mol. The number of aromatic nitrogens is 6. The van der Waals surface area contributed by atoms with Crippen molar-refractivity contribution in [2.75, 3.05) is 17.7 Å². The Morgan fingerprint density at radius 3 is 2.78 bits per heavy atom. The number of ether oxygens (including phenoxy) is 1. The number of aromatic amines is 1. The molecule has 3 amide bonds. The molecule has 1 aliphatic heterocycles. The average molecular weight is 638 g/mol. The molecule has 0 fully saturated rings. The van der Waals surface area contributed by atoms with Gasteiger partial charge in [-0.3, -0.25) is 14.9 Å². The van der Waals surface area contributed by atoms with Crippen molar-refractivity contribution in [2.24, 2.45) is 0 Å². The van der Waals surface area contributed by atoms with Gasteiger partial charge in [-0.05, 0) is 76.9 Å². The number of rotatable bonds is 5. The van der Waals surface area contributed by atoms with Crippen molar-refractivity contribution in [1.82, 2.24) is 35.5 Å². The molecule has 4 bridgehead atoms. The van der Waals surface area contributed by atoms with E-state index < -0.39 is 12.1 Å². The fourth-order valence-electron chi connectivity index (χ4n) is 5.14. The maximum absolute atomic E-state index is 13.4. The highest BCUT2D eigenvalue weighted by Gasteiger charge is 2.21. The number of benzene rings is 3. The molecule has 4 N–H and O–H groups in total. The molecule has 3 heterocycles. The maximum Gasteiger partial charge on any atom is 0.411 e. The van der Waals surface area contributed by atoms with Crippen molar-refractivity contribution in [3.05, 3.63) is 107 Å². The topological polar surface area (TPSA) is 169 Å². The Bertz CT molecular complexity index is 1940. The van der Waals surface area contributed by atoms with Crippen LogP contribution in [0.1, 0.15) is 35.0 Å². The number of methoxy groups -OCH3 is 1. The lowest BCUT2D eigenvalue weighted by Crippen LogP contribution is -2.29. The molecule has 1 aliphatic rings. The Morgan fingerprint density at radius 2 is 1.96 bits per heavy atom.